The van der Waals surface area contributed by atoms with Crippen LogP contribution in [0.15, 0.2) is 48.5 Å². The van der Waals surface area contributed by atoms with Crippen molar-refractivity contribution >= 4 is 22.9 Å². The van der Waals surface area contributed by atoms with Gasteiger partial charge in [0.15, 0.2) is 11.5 Å². The van der Waals surface area contributed by atoms with E-state index in [1.807, 2.05) is 48.5 Å². The molecule has 0 aliphatic heterocycles. The minimum absolute atomic E-state index is 0.670. The lowest BCUT2D eigenvalue weighted by atomic mass is 10.2. The molecule has 0 bridgehead atoms. The number of ether oxygens (including phenoxy) is 2. The molecule has 4 heteroatoms. The maximum atomic E-state index is 5.36. The largest absolute Gasteiger partial charge is 0.493 e. The average molecular weight is 273 g/mol. The molecule has 0 fully saturated rings. The Balaban J connectivity index is 2.18. The lowest BCUT2D eigenvalue weighted by Crippen LogP contribution is -2.10. The van der Waals surface area contributed by atoms with E-state index in [0.29, 0.717) is 16.5 Å². The van der Waals surface area contributed by atoms with Crippen molar-refractivity contribution in [1.29, 1.82) is 0 Å². The first-order valence-corrected chi connectivity index (χ1v) is 6.24. The molecule has 0 aromatic heterocycles. The molecule has 0 saturated heterocycles. The van der Waals surface area contributed by atoms with Gasteiger partial charge in [-0.15, -0.1) is 0 Å². The van der Waals surface area contributed by atoms with E-state index in [9.17, 15) is 0 Å². The van der Waals surface area contributed by atoms with Crippen LogP contribution in [0.1, 0.15) is 5.56 Å². The summed E-state index contributed by atoms with van der Waals surface area (Å²) in [5.41, 5.74) is 1.85. The van der Waals surface area contributed by atoms with Crippen LogP contribution in [0.4, 0.5) is 5.69 Å². The van der Waals surface area contributed by atoms with Crippen LogP contribution < -0.4 is 14.8 Å². The molecule has 19 heavy (non-hydrogen) atoms. The van der Waals surface area contributed by atoms with Crippen LogP contribution in [-0.2, 0) is 0 Å². The van der Waals surface area contributed by atoms with E-state index in [1.165, 1.54) is 0 Å². The number of benzene rings is 2. The molecule has 0 saturated carbocycles. The zero-order chi connectivity index (χ0) is 13.7. The van der Waals surface area contributed by atoms with E-state index >= 15 is 0 Å². The molecule has 98 valence electrons. The highest BCUT2D eigenvalue weighted by molar-refractivity contribution is 7.81. The fraction of sp³-hybridized carbons (Fsp3) is 0.133. The fourth-order valence-corrected chi connectivity index (χ4v) is 1.96. The quantitative estimate of drug-likeness (QED) is 0.864. The molecule has 0 aliphatic rings. The van der Waals surface area contributed by atoms with Crippen LogP contribution in [0.25, 0.3) is 0 Å². The first kappa shape index (κ1) is 13.4. The number of nitrogens with one attached hydrogen (secondary N) is 1. The van der Waals surface area contributed by atoms with Gasteiger partial charge < -0.3 is 14.8 Å². The van der Waals surface area contributed by atoms with Gasteiger partial charge in [0.1, 0.15) is 4.99 Å². The summed E-state index contributed by atoms with van der Waals surface area (Å²) in [6, 6.07) is 15.4. The van der Waals surface area contributed by atoms with E-state index in [2.05, 4.69) is 5.32 Å². The summed E-state index contributed by atoms with van der Waals surface area (Å²) in [6.45, 7) is 0. The summed E-state index contributed by atoms with van der Waals surface area (Å²) in [6.07, 6.45) is 0. The molecule has 0 amide bonds. The van der Waals surface area contributed by atoms with Crippen molar-refractivity contribution in [3.05, 3.63) is 54.1 Å². The van der Waals surface area contributed by atoms with E-state index in [0.717, 1.165) is 11.3 Å². The standard InChI is InChI=1S/C15H15NO2S/c1-17-13-9-8-12(10-14(13)18-2)16-15(19)11-6-4-3-5-7-11/h3-10H,1-2H3,(H,16,19). The van der Waals surface area contributed by atoms with Crippen molar-refractivity contribution in [1.82, 2.24) is 0 Å². The molecule has 3 nitrogen and oxygen atoms in total. The molecule has 0 unspecified atom stereocenters. The van der Waals surface area contributed by atoms with E-state index in [-0.39, 0.29) is 0 Å². The maximum absolute atomic E-state index is 5.36. The van der Waals surface area contributed by atoms with Crippen LogP contribution in [0.3, 0.4) is 0 Å². The van der Waals surface area contributed by atoms with Crippen LogP contribution in [0, 0.1) is 0 Å². The predicted molar refractivity (Wildman–Crippen MR) is 81.3 cm³/mol. The molecule has 0 spiro atoms. The Bertz CT molecular complexity index is 570. The number of hydrogen-bond donors (Lipinski definition) is 1. The zero-order valence-corrected chi connectivity index (χ0v) is 11.7. The number of anilines is 1. The molecule has 0 aliphatic carbocycles. The summed E-state index contributed by atoms with van der Waals surface area (Å²) in [4.78, 5) is 0.674. The third-order valence-corrected chi connectivity index (χ3v) is 3.02. The number of methoxy groups -OCH3 is 2. The van der Waals surface area contributed by atoms with Gasteiger partial charge in [0.2, 0.25) is 0 Å². The van der Waals surface area contributed by atoms with Crippen LogP contribution >= 0.6 is 12.2 Å². The minimum Gasteiger partial charge on any atom is -0.493 e. The normalized spacial score (nSPS) is 9.79. The Morgan fingerprint density at radius 1 is 0.947 bits per heavy atom. The van der Waals surface area contributed by atoms with Gasteiger partial charge in [-0.05, 0) is 12.1 Å². The Hall–Kier alpha value is -2.07. The van der Waals surface area contributed by atoms with Gasteiger partial charge in [0.25, 0.3) is 0 Å². The SMILES string of the molecule is COc1ccc(NC(=S)c2ccccc2)cc1OC. The Morgan fingerprint density at radius 3 is 2.26 bits per heavy atom. The monoisotopic (exact) mass is 273 g/mol. The Labute approximate surface area is 118 Å². The first-order chi connectivity index (χ1) is 9.24. The molecule has 2 aromatic rings. The molecular weight excluding hydrogens is 258 g/mol. The van der Waals surface area contributed by atoms with Crippen LogP contribution in [-0.4, -0.2) is 19.2 Å². The second-order valence-electron chi connectivity index (χ2n) is 3.89. The summed E-state index contributed by atoms with van der Waals surface area (Å²) < 4.78 is 10.5. The molecule has 2 aromatic carbocycles. The van der Waals surface area contributed by atoms with Crippen LogP contribution in [0.5, 0.6) is 11.5 Å². The summed E-state index contributed by atoms with van der Waals surface area (Å²) in [5, 5.41) is 3.18. The van der Waals surface area contributed by atoms with Gasteiger partial charge >= 0.3 is 0 Å². The van der Waals surface area contributed by atoms with E-state index in [1.54, 1.807) is 14.2 Å². The summed E-state index contributed by atoms with van der Waals surface area (Å²) in [7, 11) is 3.22. The predicted octanol–water partition coefficient (Wildman–Crippen LogP) is 3.49. The van der Waals surface area contributed by atoms with Gasteiger partial charge in [-0.25, -0.2) is 0 Å². The molecular formula is C15H15NO2S. The van der Waals surface area contributed by atoms with E-state index < -0.39 is 0 Å². The van der Waals surface area contributed by atoms with Crippen molar-refractivity contribution in [3.8, 4) is 11.5 Å². The van der Waals surface area contributed by atoms with Crippen molar-refractivity contribution in [3.63, 3.8) is 0 Å². The lowest BCUT2D eigenvalue weighted by Gasteiger charge is -2.12. The van der Waals surface area contributed by atoms with Gasteiger partial charge in [-0.1, -0.05) is 42.5 Å². The zero-order valence-electron chi connectivity index (χ0n) is 10.8. The molecule has 0 heterocycles. The third-order valence-electron chi connectivity index (χ3n) is 2.68. The maximum Gasteiger partial charge on any atom is 0.162 e. The molecule has 2 rings (SSSR count). The Morgan fingerprint density at radius 2 is 1.63 bits per heavy atom. The van der Waals surface area contributed by atoms with Crippen LogP contribution in [0.2, 0.25) is 0 Å². The third kappa shape index (κ3) is 3.23. The van der Waals surface area contributed by atoms with Gasteiger partial charge in [0.05, 0.1) is 14.2 Å². The van der Waals surface area contributed by atoms with Crippen molar-refractivity contribution in [2.45, 2.75) is 0 Å². The highest BCUT2D eigenvalue weighted by Crippen LogP contribution is 2.29. The second-order valence-corrected chi connectivity index (χ2v) is 4.30. The smallest absolute Gasteiger partial charge is 0.162 e. The van der Waals surface area contributed by atoms with Gasteiger partial charge in [-0.3, -0.25) is 0 Å². The minimum atomic E-state index is 0.670. The lowest BCUT2D eigenvalue weighted by molar-refractivity contribution is 0.355. The topological polar surface area (TPSA) is 30.5 Å². The number of rotatable bonds is 4. The van der Waals surface area contributed by atoms with Crippen molar-refractivity contribution in [2.24, 2.45) is 0 Å². The number of thiocarbonyl (C=S) groups is 1. The fourth-order valence-electron chi connectivity index (χ4n) is 1.71. The average Bonchev–Trinajstić information content (AvgIpc) is 2.48. The molecule has 1 N–H and O–H groups in total. The first-order valence-electron chi connectivity index (χ1n) is 5.83. The highest BCUT2D eigenvalue weighted by atomic mass is 32.1. The van der Waals surface area contributed by atoms with Crippen molar-refractivity contribution in [2.75, 3.05) is 19.5 Å². The summed E-state index contributed by atoms with van der Waals surface area (Å²) >= 11 is 5.36. The molecule has 0 atom stereocenters. The highest BCUT2D eigenvalue weighted by Gasteiger charge is 2.06. The molecule has 0 radical (unpaired) electrons. The summed E-state index contributed by atoms with van der Waals surface area (Å²) in [5.74, 6) is 1.36. The van der Waals surface area contributed by atoms with Gasteiger partial charge in [-0.2, -0.15) is 0 Å². The number of hydrogen-bond acceptors (Lipinski definition) is 3. The van der Waals surface area contributed by atoms with E-state index in [4.69, 9.17) is 21.7 Å². The Kier molecular flexibility index (Phi) is 4.36. The van der Waals surface area contributed by atoms with Gasteiger partial charge in [0, 0.05) is 17.3 Å². The van der Waals surface area contributed by atoms with Crippen molar-refractivity contribution < 1.29 is 9.47 Å². The second kappa shape index (κ2) is 6.20.